The van der Waals surface area contributed by atoms with E-state index in [1.807, 2.05) is 0 Å². The molecule has 0 heterocycles. The summed E-state index contributed by atoms with van der Waals surface area (Å²) in [5, 5.41) is 18.8. The summed E-state index contributed by atoms with van der Waals surface area (Å²) in [6, 6.07) is 5.20. The first-order chi connectivity index (χ1) is 7.52. The van der Waals surface area contributed by atoms with Crippen LogP contribution in [0.4, 0.5) is 5.69 Å². The smallest absolute Gasteiger partial charge is 0.382 e. The van der Waals surface area contributed by atoms with Crippen molar-refractivity contribution in [3.63, 3.8) is 0 Å². The maximum atomic E-state index is 11.3. The molecule has 1 aromatic carbocycles. The monoisotopic (exact) mass is 219 g/mol. The van der Waals surface area contributed by atoms with Crippen LogP contribution in [0.3, 0.4) is 0 Å². The Morgan fingerprint density at radius 2 is 1.88 bits per heavy atom. The summed E-state index contributed by atoms with van der Waals surface area (Å²) in [6.45, 7) is 0. The molecule has 0 saturated heterocycles. The third kappa shape index (κ3) is 2.65. The fourth-order valence-electron chi connectivity index (χ4n) is 1.00. The highest BCUT2D eigenvalue weighted by Gasteiger charge is 2.17. The summed E-state index contributed by atoms with van der Waals surface area (Å²) >= 11 is 0. The summed E-state index contributed by atoms with van der Waals surface area (Å²) in [4.78, 5) is 31.3. The number of benzene rings is 1. The van der Waals surface area contributed by atoms with E-state index in [4.69, 9.17) is 5.11 Å². The molecule has 0 radical (unpaired) electrons. The molecule has 0 saturated carbocycles. The van der Waals surface area contributed by atoms with Crippen LogP contribution in [0, 0.1) is 22.0 Å². The van der Waals surface area contributed by atoms with E-state index in [0.717, 1.165) is 6.07 Å². The molecule has 0 aliphatic heterocycles. The molecular formula is C10H5NO5. The zero-order chi connectivity index (χ0) is 12.1. The van der Waals surface area contributed by atoms with Crippen LogP contribution in [0.25, 0.3) is 0 Å². The van der Waals surface area contributed by atoms with Crippen LogP contribution in [0.1, 0.15) is 10.4 Å². The molecule has 1 aromatic rings. The number of carboxylic acids is 1. The summed E-state index contributed by atoms with van der Waals surface area (Å²) in [7, 11) is 0. The molecular weight excluding hydrogens is 214 g/mol. The largest absolute Gasteiger partial charge is 0.472 e. The van der Waals surface area contributed by atoms with Crippen molar-refractivity contribution >= 4 is 17.4 Å². The average Bonchev–Trinajstić information content (AvgIpc) is 2.25. The van der Waals surface area contributed by atoms with E-state index in [2.05, 4.69) is 0 Å². The quantitative estimate of drug-likeness (QED) is 0.261. The molecule has 0 fully saturated rings. The minimum Gasteiger partial charge on any atom is -0.472 e. The number of carbonyl (C=O) groups excluding carboxylic acids is 1. The molecule has 16 heavy (non-hydrogen) atoms. The van der Waals surface area contributed by atoms with E-state index in [0.29, 0.717) is 0 Å². The molecule has 0 aliphatic rings. The molecule has 0 amide bonds. The van der Waals surface area contributed by atoms with Gasteiger partial charge in [0, 0.05) is 12.0 Å². The number of Topliss-reactive ketones (excluding diaryl/α,β-unsaturated/α-hetero) is 1. The molecule has 0 aromatic heterocycles. The van der Waals surface area contributed by atoms with Crippen molar-refractivity contribution in [3.8, 4) is 11.8 Å². The van der Waals surface area contributed by atoms with Crippen LogP contribution in [0.5, 0.6) is 0 Å². The Hall–Kier alpha value is -2.68. The summed E-state index contributed by atoms with van der Waals surface area (Å²) < 4.78 is 0. The lowest BCUT2D eigenvalue weighted by atomic mass is 10.1. The fraction of sp³-hybridized carbons (Fsp3) is 0. The molecule has 0 aliphatic carbocycles. The first kappa shape index (κ1) is 11.4. The number of nitro benzene ring substituents is 1. The third-order valence-corrected chi connectivity index (χ3v) is 1.63. The first-order valence-corrected chi connectivity index (χ1v) is 4.05. The van der Waals surface area contributed by atoms with Gasteiger partial charge in [-0.25, -0.2) is 4.79 Å². The molecule has 80 valence electrons. The Labute approximate surface area is 89.7 Å². The topological polar surface area (TPSA) is 97.5 Å². The zero-order valence-electron chi connectivity index (χ0n) is 7.84. The number of ketones is 1. The summed E-state index contributed by atoms with van der Waals surface area (Å²) in [6.07, 6.45) is 0. The van der Waals surface area contributed by atoms with Crippen molar-refractivity contribution in [2.75, 3.05) is 0 Å². The molecule has 0 bridgehead atoms. The van der Waals surface area contributed by atoms with Gasteiger partial charge >= 0.3 is 5.97 Å². The SMILES string of the molecule is O=C(O)C#CC(=O)c1ccccc1[N+](=O)[O-]. The normalized spacial score (nSPS) is 8.75. The molecule has 0 spiro atoms. The highest BCUT2D eigenvalue weighted by atomic mass is 16.6. The number of nitro groups is 1. The first-order valence-electron chi connectivity index (χ1n) is 4.05. The van der Waals surface area contributed by atoms with E-state index < -0.39 is 22.4 Å². The number of hydrogen-bond donors (Lipinski definition) is 1. The van der Waals surface area contributed by atoms with Gasteiger partial charge in [-0.05, 0) is 12.0 Å². The molecule has 0 unspecified atom stereocenters. The number of carbonyl (C=O) groups is 2. The van der Waals surface area contributed by atoms with Crippen molar-refractivity contribution in [2.45, 2.75) is 0 Å². The predicted molar refractivity (Wildman–Crippen MR) is 52.8 cm³/mol. The fourth-order valence-corrected chi connectivity index (χ4v) is 1.00. The highest BCUT2D eigenvalue weighted by molar-refractivity contribution is 6.13. The number of para-hydroxylation sites is 1. The van der Waals surface area contributed by atoms with Crippen LogP contribution in [0.15, 0.2) is 24.3 Å². The number of aliphatic carboxylic acids is 1. The molecule has 6 nitrogen and oxygen atoms in total. The maximum absolute atomic E-state index is 11.3. The van der Waals surface area contributed by atoms with Crippen LogP contribution in [-0.4, -0.2) is 21.8 Å². The Morgan fingerprint density at radius 1 is 1.25 bits per heavy atom. The van der Waals surface area contributed by atoms with Gasteiger partial charge in [-0.15, -0.1) is 0 Å². The summed E-state index contributed by atoms with van der Waals surface area (Å²) in [5.41, 5.74) is -0.617. The van der Waals surface area contributed by atoms with Gasteiger partial charge in [-0.3, -0.25) is 14.9 Å². The number of nitrogens with zero attached hydrogens (tertiary/aromatic N) is 1. The standard InChI is InChI=1S/C10H5NO5/c12-9(5-6-10(13)14)7-3-1-2-4-8(7)11(15)16/h1-4H,(H,13,14). The Balaban J connectivity index is 3.15. The van der Waals surface area contributed by atoms with Crippen molar-refractivity contribution in [1.29, 1.82) is 0 Å². The van der Waals surface area contributed by atoms with E-state index in [1.165, 1.54) is 18.2 Å². The van der Waals surface area contributed by atoms with Crippen molar-refractivity contribution in [3.05, 3.63) is 39.9 Å². The van der Waals surface area contributed by atoms with Gasteiger partial charge in [-0.1, -0.05) is 12.1 Å². The molecule has 6 heteroatoms. The van der Waals surface area contributed by atoms with Gasteiger partial charge in [0.05, 0.1) is 4.92 Å². The van der Waals surface area contributed by atoms with Crippen LogP contribution >= 0.6 is 0 Å². The van der Waals surface area contributed by atoms with E-state index >= 15 is 0 Å². The van der Waals surface area contributed by atoms with Crippen molar-refractivity contribution < 1.29 is 19.6 Å². The van der Waals surface area contributed by atoms with E-state index in [1.54, 1.807) is 11.8 Å². The second kappa shape index (κ2) is 4.70. The second-order valence-corrected chi connectivity index (χ2v) is 2.66. The Morgan fingerprint density at radius 3 is 2.44 bits per heavy atom. The number of rotatable bonds is 2. The minimum atomic E-state index is -1.47. The highest BCUT2D eigenvalue weighted by Crippen LogP contribution is 2.17. The van der Waals surface area contributed by atoms with Crippen LogP contribution in [0.2, 0.25) is 0 Å². The Bertz CT molecular complexity index is 524. The van der Waals surface area contributed by atoms with Gasteiger partial charge < -0.3 is 5.11 Å². The average molecular weight is 219 g/mol. The lowest BCUT2D eigenvalue weighted by Gasteiger charge is -1.95. The van der Waals surface area contributed by atoms with Gasteiger partial charge in [0.2, 0.25) is 5.78 Å². The minimum absolute atomic E-state index is 0.221. The van der Waals surface area contributed by atoms with Gasteiger partial charge in [0.25, 0.3) is 5.69 Å². The van der Waals surface area contributed by atoms with E-state index in [9.17, 15) is 19.7 Å². The number of carboxylic acid groups (broad SMARTS) is 1. The van der Waals surface area contributed by atoms with Crippen LogP contribution < -0.4 is 0 Å². The van der Waals surface area contributed by atoms with Crippen LogP contribution in [-0.2, 0) is 4.79 Å². The van der Waals surface area contributed by atoms with Crippen molar-refractivity contribution in [1.82, 2.24) is 0 Å². The Kier molecular flexibility index (Phi) is 3.35. The zero-order valence-corrected chi connectivity index (χ0v) is 7.84. The van der Waals surface area contributed by atoms with Gasteiger partial charge in [-0.2, -0.15) is 0 Å². The molecule has 1 N–H and O–H groups in total. The maximum Gasteiger partial charge on any atom is 0.382 e. The predicted octanol–water partition coefficient (Wildman–Crippen LogP) is 0.866. The van der Waals surface area contributed by atoms with E-state index in [-0.39, 0.29) is 5.56 Å². The summed E-state index contributed by atoms with van der Waals surface area (Å²) in [5.74, 6) is 1.05. The lowest BCUT2D eigenvalue weighted by Crippen LogP contribution is -2.02. The van der Waals surface area contributed by atoms with Crippen molar-refractivity contribution in [2.24, 2.45) is 0 Å². The third-order valence-electron chi connectivity index (χ3n) is 1.63. The van der Waals surface area contributed by atoms with Gasteiger partial charge in [0.1, 0.15) is 5.56 Å². The second-order valence-electron chi connectivity index (χ2n) is 2.66. The number of hydrogen-bond acceptors (Lipinski definition) is 4. The molecule has 1 rings (SSSR count). The lowest BCUT2D eigenvalue weighted by molar-refractivity contribution is -0.385. The molecule has 0 atom stereocenters. The van der Waals surface area contributed by atoms with Gasteiger partial charge in [0.15, 0.2) is 0 Å².